The zero-order valence-electron chi connectivity index (χ0n) is 12.8. The zero-order valence-corrected chi connectivity index (χ0v) is 13.6. The standard InChI is InChI=1S/C17H14N4OS/c1-4-16(22)20-13-7-15-12(10-21(3)17(15)19-8-13)5-6-14-9-18-11(2)23-14/h4,7-10H,1H2,2-3H3,(H,20,22). The van der Waals surface area contributed by atoms with E-state index >= 15 is 0 Å². The number of hydrogen-bond acceptors (Lipinski definition) is 4. The molecule has 3 rings (SSSR count). The summed E-state index contributed by atoms with van der Waals surface area (Å²) in [5.74, 6) is 6.01. The third-order valence-corrected chi connectivity index (χ3v) is 4.04. The lowest BCUT2D eigenvalue weighted by atomic mass is 10.2. The van der Waals surface area contributed by atoms with Crippen LogP contribution in [0.15, 0.2) is 37.3 Å². The molecule has 3 aromatic heterocycles. The van der Waals surface area contributed by atoms with Gasteiger partial charge in [-0.3, -0.25) is 4.79 Å². The summed E-state index contributed by atoms with van der Waals surface area (Å²) in [6, 6.07) is 1.87. The fourth-order valence-corrected chi connectivity index (χ4v) is 2.80. The van der Waals surface area contributed by atoms with Crippen LogP contribution in [-0.4, -0.2) is 20.4 Å². The molecule has 0 saturated heterocycles. The summed E-state index contributed by atoms with van der Waals surface area (Å²) in [7, 11) is 1.92. The Kier molecular flexibility index (Phi) is 3.96. The molecule has 0 saturated carbocycles. The highest BCUT2D eigenvalue weighted by molar-refractivity contribution is 7.12. The molecule has 5 nitrogen and oxygen atoms in total. The molecule has 0 aromatic carbocycles. The van der Waals surface area contributed by atoms with Crippen molar-refractivity contribution in [3.05, 3.63) is 52.8 Å². The number of aryl methyl sites for hydroxylation is 2. The first-order valence-electron chi connectivity index (χ1n) is 6.90. The number of nitrogens with zero attached hydrogens (tertiary/aromatic N) is 3. The van der Waals surface area contributed by atoms with Crippen LogP contribution in [0.2, 0.25) is 0 Å². The molecule has 1 amide bonds. The van der Waals surface area contributed by atoms with Gasteiger partial charge < -0.3 is 9.88 Å². The molecule has 0 atom stereocenters. The highest BCUT2D eigenvalue weighted by Crippen LogP contribution is 2.22. The van der Waals surface area contributed by atoms with Crippen molar-refractivity contribution in [2.75, 3.05) is 5.32 Å². The first kappa shape index (κ1) is 15.0. The Morgan fingerprint density at radius 2 is 2.22 bits per heavy atom. The SMILES string of the molecule is C=CC(=O)Nc1cnc2c(c1)c(C#Cc1cnc(C)s1)cn2C. The molecule has 114 valence electrons. The van der Waals surface area contributed by atoms with Gasteiger partial charge in [-0.2, -0.15) is 0 Å². The third kappa shape index (κ3) is 3.15. The van der Waals surface area contributed by atoms with Crippen LogP contribution < -0.4 is 5.32 Å². The Bertz CT molecular complexity index is 972. The van der Waals surface area contributed by atoms with Crippen molar-refractivity contribution >= 4 is 34.0 Å². The van der Waals surface area contributed by atoms with Crippen LogP contribution in [0.5, 0.6) is 0 Å². The Hall–Kier alpha value is -2.91. The van der Waals surface area contributed by atoms with Crippen LogP contribution >= 0.6 is 11.3 Å². The third-order valence-electron chi connectivity index (χ3n) is 3.21. The van der Waals surface area contributed by atoms with Gasteiger partial charge in [-0.05, 0) is 25.0 Å². The van der Waals surface area contributed by atoms with Crippen molar-refractivity contribution in [2.24, 2.45) is 7.05 Å². The number of nitrogens with one attached hydrogen (secondary N) is 1. The van der Waals surface area contributed by atoms with Gasteiger partial charge in [0.25, 0.3) is 0 Å². The number of carbonyl (C=O) groups is 1. The van der Waals surface area contributed by atoms with Crippen LogP contribution in [0.4, 0.5) is 5.69 Å². The number of carbonyl (C=O) groups excluding carboxylic acids is 1. The minimum Gasteiger partial charge on any atom is -0.334 e. The van der Waals surface area contributed by atoms with Gasteiger partial charge in [-0.15, -0.1) is 11.3 Å². The van der Waals surface area contributed by atoms with Gasteiger partial charge in [0, 0.05) is 18.6 Å². The Morgan fingerprint density at radius 1 is 1.39 bits per heavy atom. The number of thiazole rings is 1. The van der Waals surface area contributed by atoms with Crippen molar-refractivity contribution < 1.29 is 4.79 Å². The normalized spacial score (nSPS) is 10.2. The molecular formula is C17H14N4OS. The predicted molar refractivity (Wildman–Crippen MR) is 92.4 cm³/mol. The lowest BCUT2D eigenvalue weighted by molar-refractivity contribution is -0.111. The molecule has 0 spiro atoms. The van der Waals surface area contributed by atoms with Crippen molar-refractivity contribution in [3.63, 3.8) is 0 Å². The number of amides is 1. The summed E-state index contributed by atoms with van der Waals surface area (Å²) >= 11 is 1.56. The fraction of sp³-hybridized carbons (Fsp3) is 0.118. The number of fused-ring (bicyclic) bond motifs is 1. The molecule has 1 N–H and O–H groups in total. The second-order valence-electron chi connectivity index (χ2n) is 4.94. The quantitative estimate of drug-likeness (QED) is 0.583. The van der Waals surface area contributed by atoms with Gasteiger partial charge in [0.1, 0.15) is 5.65 Å². The minimum absolute atomic E-state index is 0.269. The van der Waals surface area contributed by atoms with Gasteiger partial charge in [-0.1, -0.05) is 12.5 Å². The summed E-state index contributed by atoms with van der Waals surface area (Å²) in [4.78, 5) is 20.9. The van der Waals surface area contributed by atoms with E-state index in [2.05, 4.69) is 33.7 Å². The molecule has 0 radical (unpaired) electrons. The van der Waals surface area contributed by atoms with Crippen molar-refractivity contribution in [1.82, 2.24) is 14.5 Å². The van der Waals surface area contributed by atoms with Crippen LogP contribution in [0, 0.1) is 18.8 Å². The van der Waals surface area contributed by atoms with Crippen LogP contribution in [0.1, 0.15) is 15.4 Å². The second-order valence-corrected chi connectivity index (χ2v) is 6.17. The number of anilines is 1. The summed E-state index contributed by atoms with van der Waals surface area (Å²) < 4.78 is 1.91. The Labute approximate surface area is 137 Å². The van der Waals surface area contributed by atoms with E-state index in [1.165, 1.54) is 6.08 Å². The molecule has 3 aromatic rings. The predicted octanol–water partition coefficient (Wildman–Crippen LogP) is 2.86. The lowest BCUT2D eigenvalue weighted by Gasteiger charge is -2.02. The van der Waals surface area contributed by atoms with E-state index in [-0.39, 0.29) is 5.91 Å². The van der Waals surface area contributed by atoms with Crippen LogP contribution in [0.25, 0.3) is 11.0 Å². The van der Waals surface area contributed by atoms with E-state index in [1.54, 1.807) is 23.7 Å². The molecule has 23 heavy (non-hydrogen) atoms. The monoisotopic (exact) mass is 322 g/mol. The highest BCUT2D eigenvalue weighted by Gasteiger charge is 2.08. The van der Waals surface area contributed by atoms with E-state index in [9.17, 15) is 4.79 Å². The molecule has 3 heterocycles. The van der Waals surface area contributed by atoms with Gasteiger partial charge in [0.15, 0.2) is 0 Å². The van der Waals surface area contributed by atoms with Crippen LogP contribution in [0.3, 0.4) is 0 Å². The molecule has 0 bridgehead atoms. The van der Waals surface area contributed by atoms with E-state index < -0.39 is 0 Å². The van der Waals surface area contributed by atoms with E-state index in [0.717, 1.165) is 26.5 Å². The molecule has 0 unspecified atom stereocenters. The minimum atomic E-state index is -0.269. The maximum Gasteiger partial charge on any atom is 0.247 e. The van der Waals surface area contributed by atoms with Crippen LogP contribution in [-0.2, 0) is 11.8 Å². The van der Waals surface area contributed by atoms with Gasteiger partial charge in [-0.25, -0.2) is 9.97 Å². The van der Waals surface area contributed by atoms with Crippen molar-refractivity contribution in [1.29, 1.82) is 0 Å². The second kappa shape index (κ2) is 6.07. The zero-order chi connectivity index (χ0) is 16.4. The average molecular weight is 322 g/mol. The summed E-state index contributed by atoms with van der Waals surface area (Å²) in [6.07, 6.45) is 6.54. The van der Waals surface area contributed by atoms with Crippen molar-refractivity contribution in [3.8, 4) is 11.8 Å². The van der Waals surface area contributed by atoms with E-state index in [4.69, 9.17) is 0 Å². The first-order valence-corrected chi connectivity index (χ1v) is 7.71. The smallest absolute Gasteiger partial charge is 0.247 e. The molecular weight excluding hydrogens is 308 g/mol. The summed E-state index contributed by atoms with van der Waals surface area (Å²) in [5, 5.41) is 4.59. The molecule has 0 aliphatic heterocycles. The number of hydrogen-bond donors (Lipinski definition) is 1. The topological polar surface area (TPSA) is 59.8 Å². The van der Waals surface area contributed by atoms with E-state index in [1.807, 2.05) is 30.8 Å². The Morgan fingerprint density at radius 3 is 2.91 bits per heavy atom. The first-order chi connectivity index (χ1) is 11.1. The summed E-state index contributed by atoms with van der Waals surface area (Å²) in [6.45, 7) is 5.39. The molecule has 0 fully saturated rings. The molecule has 6 heteroatoms. The number of aromatic nitrogens is 3. The van der Waals surface area contributed by atoms with Gasteiger partial charge >= 0.3 is 0 Å². The maximum absolute atomic E-state index is 11.4. The number of rotatable bonds is 2. The van der Waals surface area contributed by atoms with Gasteiger partial charge in [0.05, 0.1) is 33.5 Å². The largest absolute Gasteiger partial charge is 0.334 e. The fourth-order valence-electron chi connectivity index (χ4n) is 2.17. The number of pyridine rings is 1. The van der Waals surface area contributed by atoms with Crippen molar-refractivity contribution in [2.45, 2.75) is 6.92 Å². The molecule has 0 aliphatic rings. The summed E-state index contributed by atoms with van der Waals surface area (Å²) in [5.41, 5.74) is 2.28. The Balaban J connectivity index is 2.03. The highest BCUT2D eigenvalue weighted by atomic mass is 32.1. The van der Waals surface area contributed by atoms with Gasteiger partial charge in [0.2, 0.25) is 5.91 Å². The average Bonchev–Trinajstić information content (AvgIpc) is 3.09. The lowest BCUT2D eigenvalue weighted by Crippen LogP contribution is -2.07. The van der Waals surface area contributed by atoms with E-state index in [0.29, 0.717) is 5.69 Å². The maximum atomic E-state index is 11.4. The molecule has 0 aliphatic carbocycles.